The van der Waals surface area contributed by atoms with Crippen molar-refractivity contribution < 1.29 is 18.3 Å². The van der Waals surface area contributed by atoms with Gasteiger partial charge in [-0.05, 0) is 18.6 Å². The predicted molar refractivity (Wildman–Crippen MR) is 78.3 cm³/mol. The van der Waals surface area contributed by atoms with E-state index < -0.39 is 12.5 Å². The number of carbonyl (C=O) groups is 1. The van der Waals surface area contributed by atoms with Crippen LogP contribution in [0.3, 0.4) is 0 Å². The van der Waals surface area contributed by atoms with Crippen molar-refractivity contribution in [3.8, 4) is 5.88 Å². The van der Waals surface area contributed by atoms with E-state index in [1.165, 1.54) is 30.9 Å². The second-order valence-electron chi connectivity index (χ2n) is 5.08. The second kappa shape index (κ2) is 7.08. The van der Waals surface area contributed by atoms with Crippen LogP contribution in [0.25, 0.3) is 0 Å². The zero-order chi connectivity index (χ0) is 16.9. The number of carbonyl (C=O) groups excluding carboxylic acids is 1. The van der Waals surface area contributed by atoms with Gasteiger partial charge in [0.1, 0.15) is 12.0 Å². The average Bonchev–Trinajstić information content (AvgIpc) is 2.53. The molecule has 122 valence electrons. The summed E-state index contributed by atoms with van der Waals surface area (Å²) in [6.07, 6.45) is 4.23. The van der Waals surface area contributed by atoms with Crippen LogP contribution in [0.2, 0.25) is 0 Å². The molecule has 0 spiro atoms. The normalized spacial score (nSPS) is 12.5. The van der Waals surface area contributed by atoms with Crippen LogP contribution in [0.1, 0.15) is 35.9 Å². The van der Waals surface area contributed by atoms with E-state index in [4.69, 9.17) is 4.74 Å². The lowest BCUT2D eigenvalue weighted by atomic mass is 10.1. The highest BCUT2D eigenvalue weighted by atomic mass is 19.3. The SMILES string of the molecule is CC(NC(=O)c1ccncn1)c1ccc(OCC(C)(F)F)nc1. The highest BCUT2D eigenvalue weighted by Crippen LogP contribution is 2.17. The molecule has 0 saturated heterocycles. The summed E-state index contributed by atoms with van der Waals surface area (Å²) < 4.78 is 30.3. The minimum Gasteiger partial charge on any atom is -0.471 e. The maximum absolute atomic E-state index is 12.7. The molecule has 1 N–H and O–H groups in total. The van der Waals surface area contributed by atoms with Crippen molar-refractivity contribution in [2.24, 2.45) is 0 Å². The van der Waals surface area contributed by atoms with Crippen LogP contribution in [-0.4, -0.2) is 33.4 Å². The molecule has 6 nitrogen and oxygen atoms in total. The lowest BCUT2D eigenvalue weighted by Gasteiger charge is -2.15. The van der Waals surface area contributed by atoms with Gasteiger partial charge in [-0.2, -0.15) is 0 Å². The van der Waals surface area contributed by atoms with Gasteiger partial charge >= 0.3 is 0 Å². The van der Waals surface area contributed by atoms with Crippen molar-refractivity contribution in [2.45, 2.75) is 25.8 Å². The molecule has 2 aromatic rings. The monoisotopic (exact) mass is 322 g/mol. The number of rotatable bonds is 6. The molecule has 23 heavy (non-hydrogen) atoms. The Kier molecular flexibility index (Phi) is 5.15. The van der Waals surface area contributed by atoms with Crippen molar-refractivity contribution in [2.75, 3.05) is 6.61 Å². The molecular formula is C15H16F2N4O2. The number of nitrogens with one attached hydrogen (secondary N) is 1. The number of ether oxygens (including phenoxy) is 1. The smallest absolute Gasteiger partial charge is 0.278 e. The van der Waals surface area contributed by atoms with Crippen LogP contribution in [-0.2, 0) is 0 Å². The average molecular weight is 322 g/mol. The number of pyridine rings is 1. The number of hydrogen-bond acceptors (Lipinski definition) is 5. The van der Waals surface area contributed by atoms with E-state index in [0.29, 0.717) is 5.56 Å². The second-order valence-corrected chi connectivity index (χ2v) is 5.08. The molecule has 0 saturated carbocycles. The summed E-state index contributed by atoms with van der Waals surface area (Å²) in [6, 6.07) is 4.31. The molecule has 0 aliphatic rings. The Morgan fingerprint density at radius 1 is 1.35 bits per heavy atom. The van der Waals surface area contributed by atoms with Crippen molar-refractivity contribution in [1.29, 1.82) is 0 Å². The molecule has 0 radical (unpaired) electrons. The van der Waals surface area contributed by atoms with Crippen LogP contribution < -0.4 is 10.1 Å². The Morgan fingerprint density at radius 2 is 2.13 bits per heavy atom. The molecule has 0 aromatic carbocycles. The van der Waals surface area contributed by atoms with E-state index in [2.05, 4.69) is 20.3 Å². The summed E-state index contributed by atoms with van der Waals surface area (Å²) in [6.45, 7) is 1.81. The minimum atomic E-state index is -2.92. The van der Waals surface area contributed by atoms with Crippen LogP contribution in [0.4, 0.5) is 8.78 Å². The van der Waals surface area contributed by atoms with Gasteiger partial charge in [0.15, 0.2) is 6.61 Å². The van der Waals surface area contributed by atoms with Gasteiger partial charge in [-0.25, -0.2) is 23.7 Å². The number of alkyl halides is 2. The molecule has 0 fully saturated rings. The summed E-state index contributed by atoms with van der Waals surface area (Å²) in [7, 11) is 0. The Hall–Kier alpha value is -2.64. The van der Waals surface area contributed by atoms with Crippen LogP contribution in [0.15, 0.2) is 36.9 Å². The van der Waals surface area contributed by atoms with E-state index >= 15 is 0 Å². The molecule has 2 aromatic heterocycles. The third kappa shape index (κ3) is 5.24. The first-order chi connectivity index (χ1) is 10.8. The molecule has 2 heterocycles. The van der Waals surface area contributed by atoms with Crippen molar-refractivity contribution in [3.63, 3.8) is 0 Å². The minimum absolute atomic E-state index is 0.101. The number of nitrogens with zero attached hydrogens (tertiary/aromatic N) is 3. The number of hydrogen-bond donors (Lipinski definition) is 1. The van der Waals surface area contributed by atoms with Gasteiger partial charge in [0.05, 0.1) is 6.04 Å². The van der Waals surface area contributed by atoms with E-state index in [9.17, 15) is 13.6 Å². The standard InChI is InChI=1S/C15H16F2N4O2/c1-10(21-14(22)12-5-6-18-9-20-12)11-3-4-13(19-7-11)23-8-15(2,16)17/h3-7,9-10H,8H2,1-2H3,(H,21,22). The summed E-state index contributed by atoms with van der Waals surface area (Å²) in [5.41, 5.74) is 0.966. The summed E-state index contributed by atoms with van der Waals surface area (Å²) in [5, 5.41) is 2.76. The third-order valence-corrected chi connectivity index (χ3v) is 2.89. The lowest BCUT2D eigenvalue weighted by Crippen LogP contribution is -2.27. The predicted octanol–water partition coefficient (Wildman–Crippen LogP) is 2.40. The largest absolute Gasteiger partial charge is 0.471 e. The highest BCUT2D eigenvalue weighted by Gasteiger charge is 2.22. The fourth-order valence-corrected chi connectivity index (χ4v) is 1.71. The molecule has 1 atom stereocenters. The quantitative estimate of drug-likeness (QED) is 0.883. The molecule has 1 unspecified atom stereocenters. The molecule has 0 bridgehead atoms. The van der Waals surface area contributed by atoms with Crippen molar-refractivity contribution >= 4 is 5.91 Å². The van der Waals surface area contributed by atoms with E-state index in [-0.39, 0.29) is 23.5 Å². The Bertz CT molecular complexity index is 645. The molecule has 8 heteroatoms. The molecule has 2 rings (SSSR count). The maximum Gasteiger partial charge on any atom is 0.278 e. The van der Waals surface area contributed by atoms with Gasteiger partial charge in [0, 0.05) is 25.4 Å². The lowest BCUT2D eigenvalue weighted by molar-refractivity contribution is -0.0242. The zero-order valence-corrected chi connectivity index (χ0v) is 12.7. The molecule has 0 aliphatic carbocycles. The zero-order valence-electron chi connectivity index (χ0n) is 12.7. The fourth-order valence-electron chi connectivity index (χ4n) is 1.71. The van der Waals surface area contributed by atoms with Crippen LogP contribution in [0, 0.1) is 0 Å². The van der Waals surface area contributed by atoms with Crippen LogP contribution in [0.5, 0.6) is 5.88 Å². The molecule has 1 amide bonds. The summed E-state index contributed by atoms with van der Waals surface area (Å²) in [5.74, 6) is -3.16. The first kappa shape index (κ1) is 16.7. The fraction of sp³-hybridized carbons (Fsp3) is 0.333. The molecule has 0 aliphatic heterocycles. The maximum atomic E-state index is 12.7. The van der Waals surface area contributed by atoms with Gasteiger partial charge in [-0.15, -0.1) is 0 Å². The topological polar surface area (TPSA) is 77.0 Å². The van der Waals surface area contributed by atoms with Crippen molar-refractivity contribution in [3.05, 3.63) is 48.2 Å². The summed E-state index contributed by atoms with van der Waals surface area (Å²) in [4.78, 5) is 23.5. The van der Waals surface area contributed by atoms with Gasteiger partial charge in [0.25, 0.3) is 11.8 Å². The van der Waals surface area contributed by atoms with Gasteiger partial charge in [-0.3, -0.25) is 4.79 Å². The molecular weight excluding hydrogens is 306 g/mol. The van der Waals surface area contributed by atoms with Crippen molar-refractivity contribution in [1.82, 2.24) is 20.3 Å². The van der Waals surface area contributed by atoms with Gasteiger partial charge < -0.3 is 10.1 Å². The van der Waals surface area contributed by atoms with Crippen LogP contribution >= 0.6 is 0 Å². The Morgan fingerprint density at radius 3 is 2.70 bits per heavy atom. The van der Waals surface area contributed by atoms with E-state index in [1.54, 1.807) is 13.0 Å². The number of halogens is 2. The van der Waals surface area contributed by atoms with E-state index in [0.717, 1.165) is 6.92 Å². The summed E-state index contributed by atoms with van der Waals surface area (Å²) >= 11 is 0. The number of amides is 1. The third-order valence-electron chi connectivity index (χ3n) is 2.89. The van der Waals surface area contributed by atoms with Gasteiger partial charge in [0.2, 0.25) is 5.88 Å². The first-order valence-corrected chi connectivity index (χ1v) is 6.88. The van der Waals surface area contributed by atoms with Gasteiger partial charge in [-0.1, -0.05) is 6.07 Å². The Labute approximate surface area is 131 Å². The Balaban J connectivity index is 1.95. The first-order valence-electron chi connectivity index (χ1n) is 6.88. The highest BCUT2D eigenvalue weighted by molar-refractivity contribution is 5.92. The number of aromatic nitrogens is 3. The van der Waals surface area contributed by atoms with E-state index in [1.807, 2.05) is 0 Å².